The molecule has 1 unspecified atom stereocenters. The molecule has 1 N–H and O–H groups in total. The van der Waals surface area contributed by atoms with Crippen LogP contribution in [0.3, 0.4) is 0 Å². The third kappa shape index (κ3) is 3.95. The standard InChI is InChI=1S/C18H26N2O3.ClH/c1-3-22-16-9-13-6-8-20(18(21)14-5-7-19-11-14)12-15(13)10-17(16)23-4-2;/h9-10,14,19H,3-8,11-12H2,1-2H3;1H. The van der Waals surface area contributed by atoms with Gasteiger partial charge in [0.05, 0.1) is 19.1 Å². The predicted octanol–water partition coefficient (Wildman–Crippen LogP) is 2.40. The van der Waals surface area contributed by atoms with Gasteiger partial charge in [0.2, 0.25) is 5.91 Å². The molecule has 0 aromatic heterocycles. The number of carbonyl (C=O) groups excluding carboxylic acids is 1. The van der Waals surface area contributed by atoms with E-state index in [2.05, 4.69) is 17.4 Å². The third-order valence-corrected chi connectivity index (χ3v) is 4.60. The molecule has 0 bridgehead atoms. The molecule has 2 aliphatic heterocycles. The summed E-state index contributed by atoms with van der Waals surface area (Å²) < 4.78 is 11.4. The lowest BCUT2D eigenvalue weighted by Gasteiger charge is -2.31. The number of halogens is 1. The van der Waals surface area contributed by atoms with E-state index in [4.69, 9.17) is 9.47 Å². The molecule has 0 radical (unpaired) electrons. The van der Waals surface area contributed by atoms with Gasteiger partial charge in [-0.05, 0) is 56.5 Å². The maximum atomic E-state index is 12.6. The van der Waals surface area contributed by atoms with Gasteiger partial charge in [0.1, 0.15) is 0 Å². The number of benzene rings is 1. The molecular weight excluding hydrogens is 328 g/mol. The molecule has 24 heavy (non-hydrogen) atoms. The van der Waals surface area contributed by atoms with Crippen molar-refractivity contribution in [2.45, 2.75) is 33.2 Å². The number of amides is 1. The van der Waals surface area contributed by atoms with Crippen molar-refractivity contribution < 1.29 is 14.3 Å². The van der Waals surface area contributed by atoms with Gasteiger partial charge in [0.25, 0.3) is 0 Å². The minimum absolute atomic E-state index is 0. The van der Waals surface area contributed by atoms with E-state index in [9.17, 15) is 4.79 Å². The van der Waals surface area contributed by atoms with Gasteiger partial charge in [-0.15, -0.1) is 12.4 Å². The van der Waals surface area contributed by atoms with Gasteiger partial charge < -0.3 is 19.7 Å². The van der Waals surface area contributed by atoms with Gasteiger partial charge in [-0.1, -0.05) is 0 Å². The first-order valence-electron chi connectivity index (χ1n) is 8.63. The van der Waals surface area contributed by atoms with Crippen LogP contribution >= 0.6 is 12.4 Å². The highest BCUT2D eigenvalue weighted by Crippen LogP contribution is 2.34. The first kappa shape index (κ1) is 18.9. The van der Waals surface area contributed by atoms with E-state index in [-0.39, 0.29) is 24.2 Å². The molecule has 3 rings (SSSR count). The lowest BCUT2D eigenvalue weighted by Crippen LogP contribution is -2.40. The molecule has 1 saturated heterocycles. The molecule has 1 atom stereocenters. The summed E-state index contributed by atoms with van der Waals surface area (Å²) in [4.78, 5) is 14.6. The number of fused-ring (bicyclic) bond motifs is 1. The number of nitrogens with one attached hydrogen (secondary N) is 1. The second kappa shape index (κ2) is 8.58. The van der Waals surface area contributed by atoms with E-state index < -0.39 is 0 Å². The van der Waals surface area contributed by atoms with Gasteiger partial charge in [-0.25, -0.2) is 0 Å². The number of hydrogen-bond donors (Lipinski definition) is 1. The van der Waals surface area contributed by atoms with Gasteiger partial charge >= 0.3 is 0 Å². The second-order valence-electron chi connectivity index (χ2n) is 6.13. The molecule has 5 nitrogen and oxygen atoms in total. The van der Waals surface area contributed by atoms with Crippen LogP contribution in [0.25, 0.3) is 0 Å². The van der Waals surface area contributed by atoms with Crippen LogP contribution in [0.1, 0.15) is 31.4 Å². The summed E-state index contributed by atoms with van der Waals surface area (Å²) in [5, 5.41) is 3.27. The van der Waals surface area contributed by atoms with Crippen LogP contribution in [0.5, 0.6) is 11.5 Å². The van der Waals surface area contributed by atoms with Crippen molar-refractivity contribution in [3.8, 4) is 11.5 Å². The van der Waals surface area contributed by atoms with Crippen molar-refractivity contribution in [3.63, 3.8) is 0 Å². The second-order valence-corrected chi connectivity index (χ2v) is 6.13. The highest BCUT2D eigenvalue weighted by atomic mass is 35.5. The van der Waals surface area contributed by atoms with Crippen LogP contribution in [-0.2, 0) is 17.8 Å². The van der Waals surface area contributed by atoms with Crippen LogP contribution < -0.4 is 14.8 Å². The van der Waals surface area contributed by atoms with Crippen molar-refractivity contribution >= 4 is 18.3 Å². The van der Waals surface area contributed by atoms with Crippen molar-refractivity contribution in [2.24, 2.45) is 5.92 Å². The quantitative estimate of drug-likeness (QED) is 0.882. The van der Waals surface area contributed by atoms with Gasteiger partial charge in [-0.2, -0.15) is 0 Å². The zero-order valence-corrected chi connectivity index (χ0v) is 15.3. The number of nitrogens with zero attached hydrogens (tertiary/aromatic N) is 1. The van der Waals surface area contributed by atoms with E-state index in [0.29, 0.717) is 19.8 Å². The number of ether oxygens (including phenoxy) is 2. The van der Waals surface area contributed by atoms with Gasteiger partial charge in [-0.3, -0.25) is 4.79 Å². The molecule has 1 aromatic rings. The van der Waals surface area contributed by atoms with Crippen molar-refractivity contribution in [2.75, 3.05) is 32.8 Å². The zero-order chi connectivity index (χ0) is 16.2. The molecule has 2 heterocycles. The minimum Gasteiger partial charge on any atom is -0.490 e. The third-order valence-electron chi connectivity index (χ3n) is 4.60. The van der Waals surface area contributed by atoms with E-state index in [1.54, 1.807) is 0 Å². The molecule has 6 heteroatoms. The molecular formula is C18H27ClN2O3. The predicted molar refractivity (Wildman–Crippen MR) is 96.1 cm³/mol. The normalized spacial score (nSPS) is 19.4. The number of carbonyl (C=O) groups is 1. The van der Waals surface area contributed by atoms with Crippen LogP contribution in [0.2, 0.25) is 0 Å². The Morgan fingerprint density at radius 3 is 2.46 bits per heavy atom. The largest absolute Gasteiger partial charge is 0.490 e. The Morgan fingerprint density at radius 2 is 1.88 bits per heavy atom. The minimum atomic E-state index is 0. The first-order valence-corrected chi connectivity index (χ1v) is 8.63. The first-order chi connectivity index (χ1) is 11.2. The summed E-state index contributed by atoms with van der Waals surface area (Å²) >= 11 is 0. The maximum Gasteiger partial charge on any atom is 0.227 e. The molecule has 1 amide bonds. The molecule has 134 valence electrons. The van der Waals surface area contributed by atoms with E-state index >= 15 is 0 Å². The summed E-state index contributed by atoms with van der Waals surface area (Å²) in [6.45, 7) is 8.42. The molecule has 0 spiro atoms. The van der Waals surface area contributed by atoms with Crippen LogP contribution in [0.4, 0.5) is 0 Å². The fourth-order valence-electron chi connectivity index (χ4n) is 3.41. The van der Waals surface area contributed by atoms with Gasteiger partial charge in [0.15, 0.2) is 11.5 Å². The molecule has 0 saturated carbocycles. The van der Waals surface area contributed by atoms with Crippen LogP contribution in [-0.4, -0.2) is 43.7 Å². The SMILES string of the molecule is CCOc1cc2c(cc1OCC)CN(C(=O)C1CCNC1)CC2.Cl. The molecule has 1 aromatic carbocycles. The monoisotopic (exact) mass is 354 g/mol. The summed E-state index contributed by atoms with van der Waals surface area (Å²) in [5.74, 6) is 2.02. The van der Waals surface area contributed by atoms with Crippen LogP contribution in [0, 0.1) is 5.92 Å². The zero-order valence-electron chi connectivity index (χ0n) is 14.5. The number of hydrogen-bond acceptors (Lipinski definition) is 4. The molecule has 1 fully saturated rings. The summed E-state index contributed by atoms with van der Waals surface area (Å²) in [6, 6.07) is 4.14. The van der Waals surface area contributed by atoms with Crippen molar-refractivity contribution in [1.29, 1.82) is 0 Å². The molecule has 0 aliphatic carbocycles. The maximum absolute atomic E-state index is 12.6. The fourth-order valence-corrected chi connectivity index (χ4v) is 3.41. The van der Waals surface area contributed by atoms with Crippen LogP contribution in [0.15, 0.2) is 12.1 Å². The number of rotatable bonds is 5. The highest BCUT2D eigenvalue weighted by molar-refractivity contribution is 5.85. The average Bonchev–Trinajstić information content (AvgIpc) is 3.09. The topological polar surface area (TPSA) is 50.8 Å². The highest BCUT2D eigenvalue weighted by Gasteiger charge is 2.29. The van der Waals surface area contributed by atoms with E-state index in [0.717, 1.165) is 44.0 Å². The van der Waals surface area contributed by atoms with E-state index in [1.807, 2.05) is 18.7 Å². The molecule has 2 aliphatic rings. The van der Waals surface area contributed by atoms with Crippen molar-refractivity contribution in [3.05, 3.63) is 23.3 Å². The summed E-state index contributed by atoms with van der Waals surface area (Å²) in [7, 11) is 0. The smallest absolute Gasteiger partial charge is 0.227 e. The summed E-state index contributed by atoms with van der Waals surface area (Å²) in [6.07, 6.45) is 1.84. The Kier molecular flexibility index (Phi) is 6.75. The average molecular weight is 355 g/mol. The Balaban J connectivity index is 0.00000208. The van der Waals surface area contributed by atoms with E-state index in [1.165, 1.54) is 11.1 Å². The lowest BCUT2D eigenvalue weighted by molar-refractivity contribution is -0.135. The Morgan fingerprint density at radius 1 is 1.21 bits per heavy atom. The summed E-state index contributed by atoms with van der Waals surface area (Å²) in [5.41, 5.74) is 2.45. The Bertz CT molecular complexity index is 574. The van der Waals surface area contributed by atoms with Gasteiger partial charge in [0, 0.05) is 19.6 Å². The fraction of sp³-hybridized carbons (Fsp3) is 0.611. The Labute approximate surface area is 150 Å². The Hall–Kier alpha value is -1.46. The lowest BCUT2D eigenvalue weighted by atomic mass is 9.97. The van der Waals surface area contributed by atoms with Crippen molar-refractivity contribution in [1.82, 2.24) is 10.2 Å².